The van der Waals surface area contributed by atoms with Crippen LogP contribution in [-0.2, 0) is 0 Å². The fourth-order valence-corrected chi connectivity index (χ4v) is 17.3. The summed E-state index contributed by atoms with van der Waals surface area (Å²) < 4.78 is 39.7. The number of hydrogen-bond acceptors (Lipinski definition) is 11. The third-order valence-electron chi connectivity index (χ3n) is 18.5. The lowest BCUT2D eigenvalue weighted by Gasteiger charge is -2.44. The van der Waals surface area contributed by atoms with Crippen molar-refractivity contribution in [3.05, 3.63) is 231 Å². The molecule has 0 amide bonds. The standard InChI is InChI=1S/C73H47B3N4O5S2/c1-77-56-40-55-51(38-52(56)75-67-58(77)32-46(81-43-22-10-5-11-23-43)35-61(67)80(42-20-8-4-9-21-42)70-49-28-16-18-30-65(49)86-72(70)75)74-54-39-53-57(41-62(54)84-63-36-47(33-59(68(63)74)78(55)2)82-44-24-12-6-13-25-44)79(3)60-34-48(83-45-26-14-7-15-27-45)37-64-69(60)76(53)73-71(85-64)50-29-17-19-31-66(50)87-73/h4-41H,1-3H3. The first-order valence-corrected chi connectivity index (χ1v) is 31.0. The van der Waals surface area contributed by atoms with E-state index in [2.05, 4.69) is 180 Å². The van der Waals surface area contributed by atoms with Crippen molar-refractivity contribution >= 4 is 162 Å². The maximum atomic E-state index is 7.42. The van der Waals surface area contributed by atoms with Gasteiger partial charge in [0.1, 0.15) is 57.5 Å². The molecule has 0 unspecified atom stereocenters. The van der Waals surface area contributed by atoms with Crippen molar-refractivity contribution in [2.75, 3.05) is 40.7 Å². The lowest BCUT2D eigenvalue weighted by molar-refractivity contribution is 0.463. The summed E-state index contributed by atoms with van der Waals surface area (Å²) in [5.41, 5.74) is 18.1. The van der Waals surface area contributed by atoms with Gasteiger partial charge >= 0.3 is 0 Å². The van der Waals surface area contributed by atoms with Crippen molar-refractivity contribution in [1.29, 1.82) is 0 Å². The molecular formula is C73H47B3N4O5S2. The van der Waals surface area contributed by atoms with Crippen LogP contribution in [0.3, 0.4) is 0 Å². The molecule has 410 valence electrons. The van der Waals surface area contributed by atoms with Gasteiger partial charge in [-0.25, -0.2) is 0 Å². The first kappa shape index (κ1) is 49.0. The quantitative estimate of drug-likeness (QED) is 0.145. The van der Waals surface area contributed by atoms with E-state index >= 15 is 0 Å². The van der Waals surface area contributed by atoms with E-state index in [0.717, 1.165) is 113 Å². The van der Waals surface area contributed by atoms with Gasteiger partial charge in [0, 0.05) is 139 Å². The molecule has 0 fully saturated rings. The Balaban J connectivity index is 0.849. The first-order chi connectivity index (χ1) is 42.8. The zero-order valence-electron chi connectivity index (χ0n) is 47.3. The molecule has 0 radical (unpaired) electrons. The number of para-hydroxylation sites is 4. The molecule has 13 aromatic rings. The van der Waals surface area contributed by atoms with Crippen LogP contribution in [0.4, 0.5) is 51.2 Å². The average Bonchev–Trinajstić information content (AvgIpc) is 1.67. The molecule has 0 N–H and O–H groups in total. The fourth-order valence-electron chi connectivity index (χ4n) is 14.7. The van der Waals surface area contributed by atoms with Crippen LogP contribution in [0.1, 0.15) is 0 Å². The lowest BCUT2D eigenvalue weighted by atomic mass is 9.30. The molecule has 0 aliphatic carbocycles. The van der Waals surface area contributed by atoms with E-state index in [1.165, 1.54) is 51.9 Å². The second-order valence-electron chi connectivity index (χ2n) is 23.2. The van der Waals surface area contributed by atoms with Gasteiger partial charge < -0.3 is 43.3 Å². The Bertz CT molecular complexity index is 5090. The molecule has 0 bridgehead atoms. The minimum atomic E-state index is -0.236. The van der Waals surface area contributed by atoms with Crippen LogP contribution in [0, 0.1) is 0 Å². The molecular weight excluding hydrogens is 1110 g/mol. The predicted molar refractivity (Wildman–Crippen MR) is 362 cm³/mol. The van der Waals surface area contributed by atoms with Crippen LogP contribution < -0.4 is 91.1 Å². The van der Waals surface area contributed by atoms with Gasteiger partial charge in [-0.1, -0.05) is 115 Å². The second kappa shape index (κ2) is 18.4. The van der Waals surface area contributed by atoms with Gasteiger partial charge in [-0.15, -0.1) is 22.7 Å². The normalized spacial score (nSPS) is 13.9. The molecule has 2 aromatic heterocycles. The van der Waals surface area contributed by atoms with E-state index in [1.807, 2.05) is 114 Å². The Morgan fingerprint density at radius 1 is 0.333 bits per heavy atom. The Morgan fingerprint density at radius 3 is 1.38 bits per heavy atom. The second-order valence-corrected chi connectivity index (χ2v) is 25.4. The van der Waals surface area contributed by atoms with Gasteiger partial charge in [-0.2, -0.15) is 0 Å². The molecule has 6 aliphatic heterocycles. The maximum Gasteiger partial charge on any atom is 0.268 e. The van der Waals surface area contributed by atoms with Crippen molar-refractivity contribution in [2.24, 2.45) is 0 Å². The highest BCUT2D eigenvalue weighted by Crippen LogP contribution is 2.50. The molecule has 19 rings (SSSR count). The Hall–Kier alpha value is -10.3. The van der Waals surface area contributed by atoms with E-state index in [9.17, 15) is 0 Å². The van der Waals surface area contributed by atoms with Crippen LogP contribution in [0.5, 0.6) is 57.5 Å². The van der Waals surface area contributed by atoms with Gasteiger partial charge in [0.25, 0.3) is 20.1 Å². The summed E-state index contributed by atoms with van der Waals surface area (Å²) in [5, 5.41) is 2.33. The first-order valence-electron chi connectivity index (χ1n) is 29.4. The van der Waals surface area contributed by atoms with Crippen molar-refractivity contribution < 1.29 is 23.7 Å². The summed E-state index contributed by atoms with van der Waals surface area (Å²) in [4.78, 5) is 9.54. The zero-order chi connectivity index (χ0) is 57.3. The Kier molecular flexibility index (Phi) is 10.4. The summed E-state index contributed by atoms with van der Waals surface area (Å²) in [6, 6.07) is 81.3. The summed E-state index contributed by atoms with van der Waals surface area (Å²) in [5.74, 6) is 7.72. The van der Waals surface area contributed by atoms with Crippen molar-refractivity contribution in [3.8, 4) is 57.5 Å². The van der Waals surface area contributed by atoms with E-state index in [0.29, 0.717) is 11.5 Å². The van der Waals surface area contributed by atoms with Crippen molar-refractivity contribution in [3.63, 3.8) is 0 Å². The highest BCUT2D eigenvalue weighted by molar-refractivity contribution is 7.34. The van der Waals surface area contributed by atoms with E-state index in [4.69, 9.17) is 23.7 Å². The summed E-state index contributed by atoms with van der Waals surface area (Å²) in [7, 11) is 6.58. The number of benzene rings is 11. The summed E-state index contributed by atoms with van der Waals surface area (Å²) in [6.07, 6.45) is 0. The molecule has 0 atom stereocenters. The number of anilines is 9. The molecule has 0 saturated carbocycles. The number of hydrogen-bond donors (Lipinski definition) is 0. The molecule has 8 heterocycles. The van der Waals surface area contributed by atoms with Crippen molar-refractivity contribution in [2.45, 2.75) is 0 Å². The third kappa shape index (κ3) is 7.16. The molecule has 9 nitrogen and oxygen atoms in total. The van der Waals surface area contributed by atoms with Crippen LogP contribution in [-0.4, -0.2) is 41.3 Å². The molecule has 11 aromatic carbocycles. The molecule has 87 heavy (non-hydrogen) atoms. The molecule has 0 spiro atoms. The molecule has 0 saturated heterocycles. The van der Waals surface area contributed by atoms with Gasteiger partial charge in [0.2, 0.25) is 0 Å². The van der Waals surface area contributed by atoms with E-state index < -0.39 is 0 Å². The van der Waals surface area contributed by atoms with Gasteiger partial charge in [-0.05, 0) is 111 Å². The topological polar surface area (TPSA) is 59.1 Å². The van der Waals surface area contributed by atoms with Gasteiger partial charge in [-0.3, -0.25) is 0 Å². The predicted octanol–water partition coefficient (Wildman–Crippen LogP) is 13.3. The van der Waals surface area contributed by atoms with Crippen LogP contribution in [0.2, 0.25) is 0 Å². The monoisotopic (exact) mass is 1160 g/mol. The minimum Gasteiger partial charge on any atom is -0.458 e. The molecule has 6 aliphatic rings. The SMILES string of the molecule is CN1c2cc3c(cc2B2c4cc5c(cc4Oc4cc(Oc6ccccc6)cc1c42)N(C)c1cc(Oc2ccccc2)cc2c1B5c1sc4ccccc4c1O2)B1c2sc4ccccc4c2N(c2ccccc2)c2cc(Oc4ccccc4)cc(c21)N3C. The highest BCUT2D eigenvalue weighted by atomic mass is 32.1. The lowest BCUT2D eigenvalue weighted by Crippen LogP contribution is -2.65. The Labute approximate surface area is 511 Å². The fraction of sp³-hybridized carbons (Fsp3) is 0.0411. The van der Waals surface area contributed by atoms with E-state index in [1.54, 1.807) is 0 Å². The highest BCUT2D eigenvalue weighted by Gasteiger charge is 2.50. The Morgan fingerprint density at radius 2 is 0.770 bits per heavy atom. The van der Waals surface area contributed by atoms with Crippen LogP contribution in [0.25, 0.3) is 20.2 Å². The number of ether oxygens (including phenoxy) is 5. The third-order valence-corrected chi connectivity index (χ3v) is 20.9. The largest absolute Gasteiger partial charge is 0.458 e. The van der Waals surface area contributed by atoms with Gasteiger partial charge in [0.05, 0.1) is 5.69 Å². The minimum absolute atomic E-state index is 0.117. The number of fused-ring (bicyclic) bond motifs is 16. The molecule has 14 heteroatoms. The summed E-state index contributed by atoms with van der Waals surface area (Å²) >= 11 is 3.73. The number of thiophene rings is 2. The average molecular weight is 1160 g/mol. The van der Waals surface area contributed by atoms with Crippen LogP contribution in [0.15, 0.2) is 231 Å². The van der Waals surface area contributed by atoms with E-state index in [-0.39, 0.29) is 20.1 Å². The van der Waals surface area contributed by atoms with Crippen molar-refractivity contribution in [1.82, 2.24) is 0 Å². The zero-order valence-corrected chi connectivity index (χ0v) is 49.0. The smallest absolute Gasteiger partial charge is 0.268 e. The van der Waals surface area contributed by atoms with Gasteiger partial charge in [0.15, 0.2) is 0 Å². The summed E-state index contributed by atoms with van der Waals surface area (Å²) in [6.45, 7) is -0.496. The number of rotatable bonds is 7. The van der Waals surface area contributed by atoms with Crippen LogP contribution >= 0.6 is 22.7 Å². The number of nitrogens with zero attached hydrogens (tertiary/aromatic N) is 4. The maximum absolute atomic E-state index is 7.42.